The van der Waals surface area contributed by atoms with Crippen molar-refractivity contribution >= 4 is 16.9 Å². The van der Waals surface area contributed by atoms with Crippen LogP contribution in [-0.4, -0.2) is 60.8 Å². The van der Waals surface area contributed by atoms with Gasteiger partial charge in [0.25, 0.3) is 0 Å². The van der Waals surface area contributed by atoms with Crippen molar-refractivity contribution in [3.05, 3.63) is 18.1 Å². The minimum atomic E-state index is -0.413. The minimum absolute atomic E-state index is 0.238. The Morgan fingerprint density at radius 3 is 2.65 bits per heavy atom. The zero-order valence-corrected chi connectivity index (χ0v) is 13.7. The molecule has 1 fully saturated rings. The Kier molecular flexibility index (Phi) is 4.49. The number of pyridine rings is 1. The van der Waals surface area contributed by atoms with Crippen LogP contribution >= 0.6 is 0 Å². The number of nitrogens with zero attached hydrogens (tertiary/aromatic N) is 3. The Hall–Kier alpha value is -1.74. The average Bonchev–Trinajstić information content (AvgIpc) is 3.05. The summed E-state index contributed by atoms with van der Waals surface area (Å²) in [5.74, 6) is 0.755. The van der Waals surface area contributed by atoms with Crippen LogP contribution in [0.25, 0.3) is 11.2 Å². The summed E-state index contributed by atoms with van der Waals surface area (Å²) in [7, 11) is 4.91. The van der Waals surface area contributed by atoms with E-state index < -0.39 is 6.23 Å². The molecule has 1 saturated heterocycles. The van der Waals surface area contributed by atoms with Crippen molar-refractivity contribution in [2.75, 3.05) is 33.7 Å². The predicted octanol–water partition coefficient (Wildman–Crippen LogP) is 0.896. The quantitative estimate of drug-likeness (QED) is 0.874. The van der Waals surface area contributed by atoms with Gasteiger partial charge in [-0.2, -0.15) is 0 Å². The van der Waals surface area contributed by atoms with Crippen LogP contribution in [0.1, 0.15) is 12.1 Å². The molecule has 23 heavy (non-hydrogen) atoms. The molecule has 8 nitrogen and oxygen atoms in total. The Bertz CT molecular complexity index is 689. The molecule has 2 unspecified atom stereocenters. The lowest BCUT2D eigenvalue weighted by Crippen LogP contribution is -2.37. The van der Waals surface area contributed by atoms with Crippen LogP contribution in [-0.2, 0) is 18.9 Å². The summed E-state index contributed by atoms with van der Waals surface area (Å²) in [4.78, 5) is 8.93. The van der Waals surface area contributed by atoms with E-state index in [1.165, 1.54) is 0 Å². The Morgan fingerprint density at radius 1 is 1.26 bits per heavy atom. The SMILES string of the molecule is COC[C@H]1O[C@@H](n2c(C)nc3c(N)ccnc32)C(OC)C1OC. The third-order valence-corrected chi connectivity index (χ3v) is 4.20. The number of fused-ring (bicyclic) bond motifs is 1. The molecule has 126 valence electrons. The Morgan fingerprint density at radius 2 is 2.00 bits per heavy atom. The first-order valence-electron chi connectivity index (χ1n) is 7.41. The first-order chi connectivity index (χ1) is 11.1. The van der Waals surface area contributed by atoms with Gasteiger partial charge in [-0.3, -0.25) is 4.57 Å². The van der Waals surface area contributed by atoms with Crippen LogP contribution < -0.4 is 5.73 Å². The number of hydrogen-bond acceptors (Lipinski definition) is 7. The van der Waals surface area contributed by atoms with Crippen molar-refractivity contribution in [1.82, 2.24) is 14.5 Å². The van der Waals surface area contributed by atoms with Gasteiger partial charge in [-0.15, -0.1) is 0 Å². The van der Waals surface area contributed by atoms with Gasteiger partial charge in [0.1, 0.15) is 29.7 Å². The van der Waals surface area contributed by atoms with Crippen molar-refractivity contribution in [3.8, 4) is 0 Å². The van der Waals surface area contributed by atoms with Gasteiger partial charge in [0.15, 0.2) is 11.9 Å². The minimum Gasteiger partial charge on any atom is -0.397 e. The Labute approximate surface area is 134 Å². The Balaban J connectivity index is 2.07. The van der Waals surface area contributed by atoms with Crippen LogP contribution in [0.3, 0.4) is 0 Å². The predicted molar refractivity (Wildman–Crippen MR) is 84.1 cm³/mol. The van der Waals surface area contributed by atoms with E-state index >= 15 is 0 Å². The second-order valence-electron chi connectivity index (χ2n) is 5.52. The normalized spacial score (nSPS) is 27.8. The van der Waals surface area contributed by atoms with Gasteiger partial charge in [0.05, 0.1) is 12.3 Å². The van der Waals surface area contributed by atoms with E-state index in [2.05, 4.69) is 9.97 Å². The van der Waals surface area contributed by atoms with E-state index in [0.717, 1.165) is 5.82 Å². The lowest BCUT2D eigenvalue weighted by atomic mass is 10.1. The molecule has 2 aromatic heterocycles. The average molecular weight is 322 g/mol. The number of methoxy groups -OCH3 is 3. The van der Waals surface area contributed by atoms with Gasteiger partial charge >= 0.3 is 0 Å². The van der Waals surface area contributed by atoms with E-state index in [9.17, 15) is 0 Å². The maximum absolute atomic E-state index is 6.15. The van der Waals surface area contributed by atoms with Crippen LogP contribution in [0.4, 0.5) is 5.69 Å². The van der Waals surface area contributed by atoms with Crippen molar-refractivity contribution in [3.63, 3.8) is 0 Å². The summed E-state index contributed by atoms with van der Waals surface area (Å²) in [6, 6.07) is 1.73. The van der Waals surface area contributed by atoms with Crippen LogP contribution in [0.15, 0.2) is 12.3 Å². The van der Waals surface area contributed by atoms with E-state index in [1.54, 1.807) is 33.6 Å². The molecule has 0 aliphatic carbocycles. The molecule has 0 spiro atoms. The van der Waals surface area contributed by atoms with Crippen molar-refractivity contribution < 1.29 is 18.9 Å². The number of rotatable bonds is 5. The fourth-order valence-corrected chi connectivity index (χ4v) is 3.17. The van der Waals surface area contributed by atoms with Gasteiger partial charge < -0.3 is 24.7 Å². The topological polar surface area (TPSA) is 93.7 Å². The summed E-state index contributed by atoms with van der Waals surface area (Å²) < 4.78 is 24.5. The largest absolute Gasteiger partial charge is 0.397 e. The highest BCUT2D eigenvalue weighted by Crippen LogP contribution is 2.36. The third kappa shape index (κ3) is 2.57. The van der Waals surface area contributed by atoms with Crippen molar-refractivity contribution in [1.29, 1.82) is 0 Å². The van der Waals surface area contributed by atoms with E-state index in [0.29, 0.717) is 23.5 Å². The summed E-state index contributed by atoms with van der Waals surface area (Å²) in [6.07, 6.45) is 0.455. The van der Waals surface area contributed by atoms with E-state index in [4.69, 9.17) is 24.7 Å². The first kappa shape index (κ1) is 16.1. The molecular weight excluding hydrogens is 300 g/mol. The second kappa shape index (κ2) is 6.40. The molecular formula is C15H22N4O4. The second-order valence-corrected chi connectivity index (χ2v) is 5.52. The maximum Gasteiger partial charge on any atom is 0.166 e. The fourth-order valence-electron chi connectivity index (χ4n) is 3.17. The summed E-state index contributed by atoms with van der Waals surface area (Å²) >= 11 is 0. The number of imidazole rings is 1. The molecule has 0 bridgehead atoms. The first-order valence-corrected chi connectivity index (χ1v) is 7.41. The van der Waals surface area contributed by atoms with Gasteiger partial charge in [-0.25, -0.2) is 9.97 Å². The van der Waals surface area contributed by atoms with Crippen LogP contribution in [0.2, 0.25) is 0 Å². The molecule has 0 aromatic carbocycles. The zero-order valence-electron chi connectivity index (χ0n) is 13.7. The number of aromatic nitrogens is 3. The van der Waals surface area contributed by atoms with Gasteiger partial charge in [-0.1, -0.05) is 0 Å². The van der Waals surface area contributed by atoms with Crippen molar-refractivity contribution in [2.24, 2.45) is 0 Å². The number of nitrogens with two attached hydrogens (primary N) is 1. The highest BCUT2D eigenvalue weighted by molar-refractivity contribution is 5.84. The molecule has 0 radical (unpaired) electrons. The van der Waals surface area contributed by atoms with Gasteiger partial charge in [0, 0.05) is 27.5 Å². The van der Waals surface area contributed by atoms with E-state index in [-0.39, 0.29) is 18.3 Å². The molecule has 3 rings (SSSR count). The monoisotopic (exact) mass is 322 g/mol. The molecule has 2 N–H and O–H groups in total. The van der Waals surface area contributed by atoms with E-state index in [1.807, 2.05) is 11.5 Å². The number of anilines is 1. The summed E-state index contributed by atoms with van der Waals surface area (Å²) in [6.45, 7) is 2.30. The smallest absolute Gasteiger partial charge is 0.166 e. The molecule has 0 amide bonds. The standard InChI is InChI=1S/C15H22N4O4/c1-8-18-11-9(16)5-6-17-14(11)19(8)15-13(22-4)12(21-3)10(23-15)7-20-2/h5-6,10,12-13,15H,7H2,1-4H3,(H2,16,17)/t10-,12?,13?,15-/m1/s1. The van der Waals surface area contributed by atoms with Crippen LogP contribution in [0, 0.1) is 6.92 Å². The third-order valence-electron chi connectivity index (χ3n) is 4.20. The number of nitrogen functional groups attached to an aromatic ring is 1. The molecule has 0 saturated carbocycles. The molecule has 1 aliphatic rings. The molecule has 4 atom stereocenters. The summed E-state index contributed by atoms with van der Waals surface area (Å²) in [5, 5.41) is 0. The fraction of sp³-hybridized carbons (Fsp3) is 0.600. The van der Waals surface area contributed by atoms with Crippen LogP contribution in [0.5, 0.6) is 0 Å². The lowest BCUT2D eigenvalue weighted by Gasteiger charge is -2.22. The number of hydrogen-bond donors (Lipinski definition) is 1. The molecule has 2 aromatic rings. The number of aryl methyl sites for hydroxylation is 1. The maximum atomic E-state index is 6.15. The van der Waals surface area contributed by atoms with Gasteiger partial charge in [0.2, 0.25) is 0 Å². The zero-order chi connectivity index (χ0) is 16.6. The van der Waals surface area contributed by atoms with Gasteiger partial charge in [-0.05, 0) is 13.0 Å². The van der Waals surface area contributed by atoms with Crippen molar-refractivity contribution in [2.45, 2.75) is 31.5 Å². The molecule has 8 heteroatoms. The molecule has 3 heterocycles. The number of ether oxygens (including phenoxy) is 4. The molecule has 1 aliphatic heterocycles. The summed E-state index contributed by atoms with van der Waals surface area (Å²) in [5.41, 5.74) is 7.91. The highest BCUT2D eigenvalue weighted by atomic mass is 16.6. The highest BCUT2D eigenvalue weighted by Gasteiger charge is 2.47. The lowest BCUT2D eigenvalue weighted by molar-refractivity contribution is -0.0644.